The van der Waals surface area contributed by atoms with Crippen LogP contribution in [0.15, 0.2) is 0 Å². The summed E-state index contributed by atoms with van der Waals surface area (Å²) in [6.07, 6.45) is 2.56. The van der Waals surface area contributed by atoms with Gasteiger partial charge in [-0.05, 0) is 12.8 Å². The van der Waals surface area contributed by atoms with Gasteiger partial charge in [-0.15, -0.1) is 0 Å². The van der Waals surface area contributed by atoms with E-state index in [1.165, 1.54) is 0 Å². The van der Waals surface area contributed by atoms with Crippen LogP contribution in [0, 0.1) is 0 Å². The van der Waals surface area contributed by atoms with Crippen LogP contribution >= 0.6 is 15.2 Å². The molecule has 0 spiro atoms. The van der Waals surface area contributed by atoms with Crippen molar-refractivity contribution < 1.29 is 87.8 Å². The SMILES string of the molecule is CCCCCC(N)CC(P(=O)([O-])O)P(=O)([O-])O.[Na+].[Na+].[Na].[Na]. The Kier molecular flexibility index (Phi) is 30.5. The average molecular weight is 379 g/mol. The molecule has 106 valence electrons. The maximum atomic E-state index is 10.8. The second-order valence-corrected chi connectivity index (χ2v) is 8.01. The predicted molar refractivity (Wildman–Crippen MR) is 71.7 cm³/mol. The molecule has 0 aliphatic carbocycles. The monoisotopic (exact) mass is 379 g/mol. The molecule has 0 aliphatic heterocycles. The van der Waals surface area contributed by atoms with E-state index in [-0.39, 0.29) is 118 Å². The van der Waals surface area contributed by atoms with Crippen molar-refractivity contribution in [2.75, 3.05) is 0 Å². The van der Waals surface area contributed by atoms with Gasteiger partial charge in [-0.1, -0.05) is 26.2 Å². The van der Waals surface area contributed by atoms with Crippen LogP contribution in [0.4, 0.5) is 0 Å². The Labute approximate surface area is 214 Å². The van der Waals surface area contributed by atoms with Crippen molar-refractivity contribution >= 4 is 74.3 Å². The maximum absolute atomic E-state index is 10.8. The maximum Gasteiger partial charge on any atom is 1.00 e. The fourth-order valence-corrected chi connectivity index (χ4v) is 4.05. The smallest absolute Gasteiger partial charge is 0.778 e. The molecule has 0 amide bonds. The molecule has 4 N–H and O–H groups in total. The Morgan fingerprint density at radius 1 is 1.05 bits per heavy atom. The Morgan fingerprint density at radius 2 is 1.43 bits per heavy atom. The second-order valence-electron chi connectivity index (χ2n) is 4.10. The molecule has 0 rings (SSSR count). The molecule has 0 aromatic rings. The minimum atomic E-state index is -5.15. The molecule has 7 nitrogen and oxygen atoms in total. The minimum absolute atomic E-state index is 0. The van der Waals surface area contributed by atoms with Crippen LogP contribution in [0.3, 0.4) is 0 Å². The molecule has 3 atom stereocenters. The van der Waals surface area contributed by atoms with Crippen molar-refractivity contribution in [1.29, 1.82) is 0 Å². The van der Waals surface area contributed by atoms with E-state index in [1.54, 1.807) is 0 Å². The van der Waals surface area contributed by atoms with Gasteiger partial charge in [-0.25, -0.2) is 0 Å². The zero-order valence-corrected chi connectivity index (χ0v) is 23.5. The van der Waals surface area contributed by atoms with Crippen molar-refractivity contribution in [3.63, 3.8) is 0 Å². The molecule has 21 heavy (non-hydrogen) atoms. The molecule has 0 saturated carbocycles. The van der Waals surface area contributed by atoms with Gasteiger partial charge >= 0.3 is 59.1 Å². The van der Waals surface area contributed by atoms with Crippen molar-refractivity contribution in [2.45, 2.75) is 50.5 Å². The predicted octanol–water partition coefficient (Wildman–Crippen LogP) is -7.05. The Balaban J connectivity index is -0.000000213. The van der Waals surface area contributed by atoms with Crippen LogP contribution in [0.25, 0.3) is 0 Å². The first-order valence-electron chi connectivity index (χ1n) is 5.41. The third-order valence-corrected chi connectivity index (χ3v) is 6.12. The quantitative estimate of drug-likeness (QED) is 0.216. The van der Waals surface area contributed by atoms with Crippen LogP contribution < -0.4 is 74.6 Å². The summed E-state index contributed by atoms with van der Waals surface area (Å²) in [4.78, 5) is 39.2. The van der Waals surface area contributed by atoms with Crippen molar-refractivity contribution in [3.8, 4) is 0 Å². The molecule has 0 aromatic carbocycles. The van der Waals surface area contributed by atoms with E-state index in [1.807, 2.05) is 6.92 Å². The van der Waals surface area contributed by atoms with Crippen LogP contribution in [0.5, 0.6) is 0 Å². The van der Waals surface area contributed by atoms with E-state index in [9.17, 15) is 18.9 Å². The molecule has 0 aliphatic rings. The molecule has 0 aromatic heterocycles. The van der Waals surface area contributed by atoms with Gasteiger partial charge < -0.3 is 34.4 Å². The fraction of sp³-hybridized carbons (Fsp3) is 1.00. The van der Waals surface area contributed by atoms with Crippen LogP contribution in [-0.2, 0) is 9.13 Å². The average Bonchev–Trinajstić information content (AvgIpc) is 2.11. The molecule has 0 heterocycles. The molecular formula is C8H19NNa4O6P2. The molecular weight excluding hydrogens is 360 g/mol. The molecule has 0 bridgehead atoms. The Hall–Kier alpha value is 4.26. The third kappa shape index (κ3) is 18.8. The molecule has 13 heteroatoms. The van der Waals surface area contributed by atoms with E-state index in [2.05, 4.69) is 0 Å². The van der Waals surface area contributed by atoms with Gasteiger partial charge in [-0.2, -0.15) is 0 Å². The summed E-state index contributed by atoms with van der Waals surface area (Å²) in [6, 6.07) is -0.685. The Morgan fingerprint density at radius 3 is 1.71 bits per heavy atom. The van der Waals surface area contributed by atoms with E-state index in [0.29, 0.717) is 6.42 Å². The molecule has 0 saturated heterocycles. The topological polar surface area (TPSA) is 147 Å². The normalized spacial score (nSPS) is 18.2. The van der Waals surface area contributed by atoms with Gasteiger partial charge in [0.1, 0.15) is 15.2 Å². The zero-order chi connectivity index (χ0) is 13.7. The minimum Gasteiger partial charge on any atom is -0.778 e. The summed E-state index contributed by atoms with van der Waals surface area (Å²) in [5.41, 5.74) is 5.57. The van der Waals surface area contributed by atoms with Gasteiger partial charge in [0.2, 0.25) is 0 Å². The number of hydrogen-bond donors (Lipinski definition) is 3. The summed E-state index contributed by atoms with van der Waals surface area (Å²) < 4.78 is 21.7. The van der Waals surface area contributed by atoms with E-state index in [4.69, 9.17) is 15.5 Å². The zero-order valence-electron chi connectivity index (χ0n) is 13.7. The van der Waals surface area contributed by atoms with Gasteiger partial charge in [0, 0.05) is 65.2 Å². The van der Waals surface area contributed by atoms with Crippen LogP contribution in [-0.4, -0.2) is 80.3 Å². The summed E-state index contributed by atoms with van der Waals surface area (Å²) in [6.45, 7) is 1.98. The standard InChI is InChI=1S/C8H21NO6P2.4Na/c1-2-3-4-5-7(9)6-8(16(10,11)12)17(13,14)15;;;;/h7-8H,2-6,9H2,1H3,(H2,10,11,12)(H2,13,14,15);;;;/q;;;2*+1/p-2. The van der Waals surface area contributed by atoms with E-state index in [0.717, 1.165) is 19.3 Å². The number of rotatable bonds is 8. The van der Waals surface area contributed by atoms with Gasteiger partial charge in [0.05, 0.1) is 5.40 Å². The van der Waals surface area contributed by atoms with Gasteiger partial charge in [0.15, 0.2) is 0 Å². The largest absolute Gasteiger partial charge is 1.00 e. The number of hydrogen-bond acceptors (Lipinski definition) is 5. The second kappa shape index (κ2) is 17.7. The third-order valence-electron chi connectivity index (χ3n) is 2.45. The number of nitrogens with two attached hydrogens (primary N) is 1. The van der Waals surface area contributed by atoms with Gasteiger partial charge in [-0.3, -0.25) is 0 Å². The van der Waals surface area contributed by atoms with Crippen molar-refractivity contribution in [2.24, 2.45) is 5.73 Å². The first-order valence-corrected chi connectivity index (χ1v) is 8.71. The summed E-state index contributed by atoms with van der Waals surface area (Å²) in [5, 5.41) is -2.20. The van der Waals surface area contributed by atoms with Crippen molar-refractivity contribution in [3.05, 3.63) is 0 Å². The van der Waals surface area contributed by atoms with Gasteiger partial charge in [0.25, 0.3) is 0 Å². The molecule has 0 fully saturated rings. The summed E-state index contributed by atoms with van der Waals surface area (Å²) in [5.74, 6) is 0. The summed E-state index contributed by atoms with van der Waals surface area (Å²) in [7, 11) is -10.3. The molecule has 2 radical (unpaired) electrons. The fourth-order valence-electron chi connectivity index (χ4n) is 1.50. The van der Waals surface area contributed by atoms with Crippen LogP contribution in [0.1, 0.15) is 39.0 Å². The summed E-state index contributed by atoms with van der Waals surface area (Å²) >= 11 is 0. The van der Waals surface area contributed by atoms with Crippen molar-refractivity contribution in [1.82, 2.24) is 0 Å². The molecule has 3 unspecified atom stereocenters. The van der Waals surface area contributed by atoms with E-state index < -0.39 is 33.1 Å². The number of unbranched alkanes of at least 4 members (excludes halogenated alkanes) is 2. The van der Waals surface area contributed by atoms with E-state index >= 15 is 0 Å². The first-order chi connectivity index (χ1) is 7.59. The Bertz CT molecular complexity index is 304. The first kappa shape index (κ1) is 36.2. The van der Waals surface area contributed by atoms with Crippen LogP contribution in [0.2, 0.25) is 0 Å².